The van der Waals surface area contributed by atoms with Crippen molar-refractivity contribution < 1.29 is 18.3 Å². The van der Waals surface area contributed by atoms with Gasteiger partial charge in [0.15, 0.2) is 5.76 Å². The molecule has 5 heteroatoms. The second-order valence-electron chi connectivity index (χ2n) is 5.76. The van der Waals surface area contributed by atoms with Gasteiger partial charge in [0.05, 0.1) is 0 Å². The summed E-state index contributed by atoms with van der Waals surface area (Å²) in [6.07, 6.45) is 0. The Morgan fingerprint density at radius 3 is 2.52 bits per heavy atom. The molecule has 0 saturated carbocycles. The highest BCUT2D eigenvalue weighted by Gasteiger charge is 2.12. The standard InChI is InChI=1S/C20H18FNO3/c1-13-3-8-17(11-14(13)2)24-12-18-9-10-19(25-18)20(23)22-16-6-4-15(21)5-7-16/h3-11H,12H2,1-2H3,(H,22,23). The van der Waals surface area contributed by atoms with Crippen LogP contribution in [0.15, 0.2) is 59.0 Å². The summed E-state index contributed by atoms with van der Waals surface area (Å²) in [7, 11) is 0. The fraction of sp³-hybridized carbons (Fsp3) is 0.150. The molecule has 128 valence electrons. The van der Waals surface area contributed by atoms with E-state index in [0.717, 1.165) is 11.3 Å². The number of anilines is 1. The molecule has 4 nitrogen and oxygen atoms in total. The average molecular weight is 339 g/mol. The van der Waals surface area contributed by atoms with Crippen LogP contribution >= 0.6 is 0 Å². The van der Waals surface area contributed by atoms with Gasteiger partial charge in [0.25, 0.3) is 5.91 Å². The maximum Gasteiger partial charge on any atom is 0.291 e. The van der Waals surface area contributed by atoms with Gasteiger partial charge in [-0.1, -0.05) is 6.07 Å². The summed E-state index contributed by atoms with van der Waals surface area (Å²) in [6, 6.07) is 14.7. The molecule has 1 amide bonds. The summed E-state index contributed by atoms with van der Waals surface area (Å²) in [6.45, 7) is 4.29. The molecule has 0 saturated heterocycles. The summed E-state index contributed by atoms with van der Waals surface area (Å²) in [5, 5.41) is 2.65. The third kappa shape index (κ3) is 4.26. The van der Waals surface area contributed by atoms with Gasteiger partial charge in [0.2, 0.25) is 0 Å². The highest BCUT2D eigenvalue weighted by molar-refractivity contribution is 6.02. The van der Waals surface area contributed by atoms with Crippen LogP contribution in [-0.2, 0) is 6.61 Å². The first-order valence-corrected chi connectivity index (χ1v) is 7.87. The molecule has 0 bridgehead atoms. The van der Waals surface area contributed by atoms with Crippen LogP contribution in [0, 0.1) is 19.7 Å². The lowest BCUT2D eigenvalue weighted by molar-refractivity contribution is 0.0992. The molecular formula is C20H18FNO3. The number of amides is 1. The highest BCUT2D eigenvalue weighted by atomic mass is 19.1. The summed E-state index contributed by atoms with van der Waals surface area (Å²) >= 11 is 0. The van der Waals surface area contributed by atoms with Gasteiger partial charge in [0.1, 0.15) is 23.9 Å². The van der Waals surface area contributed by atoms with Crippen LogP contribution in [0.5, 0.6) is 5.75 Å². The van der Waals surface area contributed by atoms with Crippen LogP contribution in [0.1, 0.15) is 27.4 Å². The van der Waals surface area contributed by atoms with Gasteiger partial charge in [-0.2, -0.15) is 0 Å². The second kappa shape index (κ2) is 7.21. The first kappa shape index (κ1) is 16.8. The second-order valence-corrected chi connectivity index (χ2v) is 5.76. The van der Waals surface area contributed by atoms with Gasteiger partial charge >= 0.3 is 0 Å². The fourth-order valence-corrected chi connectivity index (χ4v) is 2.26. The predicted octanol–water partition coefficient (Wildman–Crippen LogP) is 4.87. The molecule has 1 heterocycles. The number of nitrogens with one attached hydrogen (secondary N) is 1. The largest absolute Gasteiger partial charge is 0.486 e. The molecule has 0 aliphatic rings. The van der Waals surface area contributed by atoms with Crippen LogP contribution in [0.4, 0.5) is 10.1 Å². The molecule has 25 heavy (non-hydrogen) atoms. The van der Waals surface area contributed by atoms with Crippen molar-refractivity contribution in [2.75, 3.05) is 5.32 Å². The normalized spacial score (nSPS) is 10.5. The zero-order valence-electron chi connectivity index (χ0n) is 14.0. The Kier molecular flexibility index (Phi) is 4.84. The summed E-state index contributed by atoms with van der Waals surface area (Å²) in [4.78, 5) is 12.1. The summed E-state index contributed by atoms with van der Waals surface area (Å²) < 4.78 is 24.1. The fourth-order valence-electron chi connectivity index (χ4n) is 2.26. The number of halogens is 1. The van der Waals surface area contributed by atoms with Gasteiger partial charge < -0.3 is 14.5 Å². The topological polar surface area (TPSA) is 51.5 Å². The molecule has 3 aromatic rings. The van der Waals surface area contributed by atoms with E-state index in [2.05, 4.69) is 5.32 Å². The first-order valence-electron chi connectivity index (χ1n) is 7.87. The van der Waals surface area contributed by atoms with Crippen LogP contribution in [-0.4, -0.2) is 5.91 Å². The molecule has 0 atom stereocenters. The minimum Gasteiger partial charge on any atom is -0.486 e. The Labute approximate surface area is 145 Å². The lowest BCUT2D eigenvalue weighted by Gasteiger charge is -2.07. The Morgan fingerprint density at radius 1 is 1.04 bits per heavy atom. The third-order valence-electron chi connectivity index (χ3n) is 3.85. The lowest BCUT2D eigenvalue weighted by Crippen LogP contribution is -2.10. The molecule has 0 aliphatic carbocycles. The van der Waals surface area contributed by atoms with Crippen LogP contribution in [0.25, 0.3) is 0 Å². The number of rotatable bonds is 5. The van der Waals surface area contributed by atoms with E-state index in [4.69, 9.17) is 9.15 Å². The van der Waals surface area contributed by atoms with Crippen LogP contribution in [0.3, 0.4) is 0 Å². The molecule has 1 N–H and O–H groups in total. The third-order valence-corrected chi connectivity index (χ3v) is 3.85. The van der Waals surface area contributed by atoms with E-state index in [-0.39, 0.29) is 18.2 Å². The first-order chi connectivity index (χ1) is 12.0. The predicted molar refractivity (Wildman–Crippen MR) is 93.3 cm³/mol. The molecular weight excluding hydrogens is 321 g/mol. The quantitative estimate of drug-likeness (QED) is 0.722. The molecule has 0 spiro atoms. The van der Waals surface area contributed by atoms with Gasteiger partial charge in [-0.15, -0.1) is 0 Å². The van der Waals surface area contributed by atoms with Crippen molar-refractivity contribution >= 4 is 11.6 Å². The van der Waals surface area contributed by atoms with Gasteiger partial charge in [-0.05, 0) is 73.5 Å². The van der Waals surface area contributed by atoms with Crippen molar-refractivity contribution in [3.63, 3.8) is 0 Å². The van der Waals surface area contributed by atoms with Crippen LogP contribution in [0.2, 0.25) is 0 Å². The lowest BCUT2D eigenvalue weighted by atomic mass is 10.1. The minimum absolute atomic E-state index is 0.169. The zero-order valence-corrected chi connectivity index (χ0v) is 14.0. The number of carbonyl (C=O) groups is 1. The number of carbonyl (C=O) groups excluding carboxylic acids is 1. The number of benzene rings is 2. The molecule has 0 unspecified atom stereocenters. The monoisotopic (exact) mass is 339 g/mol. The van der Waals surface area contributed by atoms with Crippen molar-refractivity contribution in [3.8, 4) is 5.75 Å². The Balaban J connectivity index is 1.60. The van der Waals surface area contributed by atoms with Crippen molar-refractivity contribution in [3.05, 3.63) is 83.1 Å². The van der Waals surface area contributed by atoms with Crippen molar-refractivity contribution in [2.24, 2.45) is 0 Å². The number of hydrogen-bond acceptors (Lipinski definition) is 3. The highest BCUT2D eigenvalue weighted by Crippen LogP contribution is 2.19. The SMILES string of the molecule is Cc1ccc(OCc2ccc(C(=O)Nc3ccc(F)cc3)o2)cc1C. The smallest absolute Gasteiger partial charge is 0.291 e. The summed E-state index contributed by atoms with van der Waals surface area (Å²) in [5.74, 6) is 0.702. The molecule has 1 aromatic heterocycles. The zero-order chi connectivity index (χ0) is 17.8. The summed E-state index contributed by atoms with van der Waals surface area (Å²) in [5.41, 5.74) is 2.84. The molecule has 0 aliphatic heterocycles. The van der Waals surface area contributed by atoms with Gasteiger partial charge in [-0.25, -0.2) is 4.39 Å². The van der Waals surface area contributed by atoms with Gasteiger partial charge in [-0.3, -0.25) is 4.79 Å². The molecule has 0 fully saturated rings. The van der Waals surface area contributed by atoms with Crippen molar-refractivity contribution in [2.45, 2.75) is 20.5 Å². The maximum absolute atomic E-state index is 12.9. The van der Waals surface area contributed by atoms with E-state index in [1.54, 1.807) is 12.1 Å². The van der Waals surface area contributed by atoms with E-state index in [1.165, 1.54) is 29.8 Å². The Bertz CT molecular complexity index is 884. The van der Waals surface area contributed by atoms with Crippen molar-refractivity contribution in [1.29, 1.82) is 0 Å². The average Bonchev–Trinajstić information content (AvgIpc) is 3.07. The van der Waals surface area contributed by atoms with Crippen LogP contribution < -0.4 is 10.1 Å². The number of furan rings is 1. The number of hydrogen-bond donors (Lipinski definition) is 1. The van der Waals surface area contributed by atoms with E-state index in [0.29, 0.717) is 11.4 Å². The maximum atomic E-state index is 12.9. The van der Waals surface area contributed by atoms with E-state index < -0.39 is 5.91 Å². The number of aryl methyl sites for hydroxylation is 2. The minimum atomic E-state index is -0.399. The Hall–Kier alpha value is -3.08. The van der Waals surface area contributed by atoms with E-state index in [9.17, 15) is 9.18 Å². The van der Waals surface area contributed by atoms with E-state index >= 15 is 0 Å². The molecule has 0 radical (unpaired) electrons. The van der Waals surface area contributed by atoms with Crippen molar-refractivity contribution in [1.82, 2.24) is 0 Å². The van der Waals surface area contributed by atoms with Gasteiger partial charge in [0, 0.05) is 5.69 Å². The number of ether oxygens (including phenoxy) is 1. The van der Waals surface area contributed by atoms with E-state index in [1.807, 2.05) is 32.0 Å². The Morgan fingerprint density at radius 2 is 1.80 bits per heavy atom. The molecule has 2 aromatic carbocycles. The molecule has 3 rings (SSSR count).